The maximum Gasteiger partial charge on any atom is 0.124 e. The van der Waals surface area contributed by atoms with Crippen molar-refractivity contribution in [1.82, 2.24) is 9.88 Å². The predicted octanol–water partition coefficient (Wildman–Crippen LogP) is 5.01. The molecule has 3 aromatic rings. The van der Waals surface area contributed by atoms with Crippen molar-refractivity contribution in [1.29, 1.82) is 0 Å². The van der Waals surface area contributed by atoms with Gasteiger partial charge in [0, 0.05) is 35.2 Å². The number of hydrogen-bond acceptors (Lipinski definition) is 2. The van der Waals surface area contributed by atoms with Crippen LogP contribution in [0, 0.1) is 13.0 Å². The number of rotatable bonds is 4. The molecule has 0 aliphatic carbocycles. The summed E-state index contributed by atoms with van der Waals surface area (Å²) in [5.74, 6) is 0.996. The third-order valence-corrected chi connectivity index (χ3v) is 5.44. The number of benzene rings is 2. The van der Waals surface area contributed by atoms with Crippen LogP contribution in [-0.4, -0.2) is 23.5 Å². The van der Waals surface area contributed by atoms with Gasteiger partial charge in [-0.2, -0.15) is 0 Å². The third kappa shape index (κ3) is 3.05. The van der Waals surface area contributed by atoms with Crippen molar-refractivity contribution in [2.45, 2.75) is 38.8 Å². The minimum atomic E-state index is 0.475. The van der Waals surface area contributed by atoms with Crippen LogP contribution in [0.15, 0.2) is 42.6 Å². The average molecular weight is 333 g/mol. The Bertz CT molecular complexity index is 853. The molecule has 1 N–H and O–H groups in total. The Morgan fingerprint density at radius 3 is 2.88 bits per heavy atom. The number of ether oxygens (including phenoxy) is 1. The number of fused-ring (bicyclic) bond motifs is 1. The number of nitrogens with zero attached hydrogens (tertiary/aromatic N) is 1. The largest absolute Gasteiger partial charge is 0.496 e. The van der Waals surface area contributed by atoms with Gasteiger partial charge in [-0.15, -0.1) is 0 Å². The van der Waals surface area contributed by atoms with Crippen LogP contribution in [0.1, 0.15) is 42.0 Å². The normalized spacial score (nSPS) is 18.6. The average Bonchev–Trinajstić information content (AvgIpc) is 3.15. The first-order valence-corrected chi connectivity index (χ1v) is 9.11. The lowest BCUT2D eigenvalue weighted by atomic mass is 9.94. The highest BCUT2D eigenvalue weighted by Crippen LogP contribution is 2.36. The summed E-state index contributed by atoms with van der Waals surface area (Å²) in [6.07, 6.45) is 5.81. The zero-order valence-corrected chi connectivity index (χ0v) is 15.0. The van der Waals surface area contributed by atoms with Crippen molar-refractivity contribution in [3.8, 4) is 5.75 Å². The highest BCUT2D eigenvalue weighted by atomic mass is 16.5. The Labute approximate surface area is 149 Å². The fraction of sp³-hybridized carbons (Fsp3) is 0.364. The van der Waals surface area contributed by atoms with E-state index in [1.807, 2.05) is 18.3 Å². The van der Waals surface area contributed by atoms with E-state index in [0.717, 1.165) is 18.8 Å². The SMILES string of the molecule is COc1cc(C)c2[nH]ccc2c1CN1CCCCC1c1cc[c]cc1. The van der Waals surface area contributed by atoms with Gasteiger partial charge >= 0.3 is 0 Å². The number of nitrogens with one attached hydrogen (secondary N) is 1. The Hall–Kier alpha value is -2.26. The molecule has 25 heavy (non-hydrogen) atoms. The van der Waals surface area contributed by atoms with Crippen molar-refractivity contribution < 1.29 is 4.74 Å². The van der Waals surface area contributed by atoms with Crippen LogP contribution in [0.2, 0.25) is 0 Å². The van der Waals surface area contributed by atoms with E-state index in [0.29, 0.717) is 6.04 Å². The predicted molar refractivity (Wildman–Crippen MR) is 102 cm³/mol. The van der Waals surface area contributed by atoms with Crippen molar-refractivity contribution >= 4 is 10.9 Å². The highest BCUT2D eigenvalue weighted by Gasteiger charge is 2.25. The first-order chi connectivity index (χ1) is 12.3. The number of hydrogen-bond donors (Lipinski definition) is 1. The molecule has 1 aliphatic heterocycles. The molecule has 0 saturated carbocycles. The maximum absolute atomic E-state index is 5.74. The van der Waals surface area contributed by atoms with Crippen molar-refractivity contribution in [2.75, 3.05) is 13.7 Å². The Morgan fingerprint density at radius 2 is 2.08 bits per heavy atom. The van der Waals surface area contributed by atoms with Crippen LogP contribution in [0.3, 0.4) is 0 Å². The van der Waals surface area contributed by atoms with E-state index in [1.54, 1.807) is 7.11 Å². The number of aromatic nitrogens is 1. The number of methoxy groups -OCH3 is 1. The standard InChI is InChI=1S/C22H25N2O/c1-16-14-21(25-2)19(18-11-12-23-22(16)18)15-24-13-7-6-10-20(24)17-8-4-3-5-9-17/h4-5,8-9,11-12,14,20,23H,6-7,10,13,15H2,1-2H3. The molecule has 1 radical (unpaired) electrons. The molecular formula is C22H25N2O. The minimum Gasteiger partial charge on any atom is -0.496 e. The van der Waals surface area contributed by atoms with Crippen molar-refractivity contribution in [3.05, 3.63) is 65.4 Å². The summed E-state index contributed by atoms with van der Waals surface area (Å²) in [6.45, 7) is 4.18. The highest BCUT2D eigenvalue weighted by molar-refractivity contribution is 5.88. The van der Waals surface area contributed by atoms with Gasteiger partial charge in [0.2, 0.25) is 0 Å². The molecule has 3 nitrogen and oxygen atoms in total. The fourth-order valence-corrected chi connectivity index (χ4v) is 4.16. The molecule has 3 heteroatoms. The summed E-state index contributed by atoms with van der Waals surface area (Å²) in [4.78, 5) is 5.99. The van der Waals surface area contributed by atoms with Crippen LogP contribution in [0.4, 0.5) is 0 Å². The van der Waals surface area contributed by atoms with E-state index in [9.17, 15) is 0 Å². The van der Waals surface area contributed by atoms with Gasteiger partial charge in [0.15, 0.2) is 0 Å². The first kappa shape index (κ1) is 16.2. The second-order valence-electron chi connectivity index (χ2n) is 6.96. The zero-order chi connectivity index (χ0) is 17.2. The van der Waals surface area contributed by atoms with Gasteiger partial charge in [-0.3, -0.25) is 4.90 Å². The zero-order valence-electron chi connectivity index (χ0n) is 15.0. The smallest absolute Gasteiger partial charge is 0.124 e. The van der Waals surface area contributed by atoms with Crippen molar-refractivity contribution in [3.63, 3.8) is 0 Å². The lowest BCUT2D eigenvalue weighted by Gasteiger charge is -2.36. The van der Waals surface area contributed by atoms with Crippen LogP contribution in [-0.2, 0) is 6.54 Å². The molecule has 0 bridgehead atoms. The van der Waals surface area contributed by atoms with Gasteiger partial charge in [-0.1, -0.05) is 30.7 Å². The molecule has 0 spiro atoms. The lowest BCUT2D eigenvalue weighted by Crippen LogP contribution is -2.33. The number of aryl methyl sites for hydroxylation is 1. The third-order valence-electron chi connectivity index (χ3n) is 5.44. The molecule has 2 heterocycles. The van der Waals surface area contributed by atoms with E-state index in [2.05, 4.69) is 47.1 Å². The van der Waals surface area contributed by atoms with Gasteiger partial charge < -0.3 is 9.72 Å². The summed E-state index contributed by atoms with van der Waals surface area (Å²) >= 11 is 0. The van der Waals surface area contributed by atoms with Gasteiger partial charge in [-0.05, 0) is 55.6 Å². The summed E-state index contributed by atoms with van der Waals surface area (Å²) in [7, 11) is 1.78. The van der Waals surface area contributed by atoms with Gasteiger partial charge in [0.1, 0.15) is 5.75 Å². The molecule has 1 unspecified atom stereocenters. The molecule has 1 aromatic heterocycles. The van der Waals surface area contributed by atoms with E-state index < -0.39 is 0 Å². The Morgan fingerprint density at radius 1 is 1.24 bits per heavy atom. The molecule has 1 saturated heterocycles. The molecule has 129 valence electrons. The first-order valence-electron chi connectivity index (χ1n) is 9.11. The topological polar surface area (TPSA) is 28.3 Å². The van der Waals surface area contributed by atoms with Crippen molar-refractivity contribution in [2.24, 2.45) is 0 Å². The molecule has 1 fully saturated rings. The van der Waals surface area contributed by atoms with E-state index >= 15 is 0 Å². The molecule has 0 amide bonds. The molecule has 1 atom stereocenters. The maximum atomic E-state index is 5.74. The summed E-state index contributed by atoms with van der Waals surface area (Å²) in [6, 6.07) is 16.4. The monoisotopic (exact) mass is 333 g/mol. The number of likely N-dealkylation sites (tertiary alicyclic amines) is 1. The van der Waals surface area contributed by atoms with E-state index in [4.69, 9.17) is 4.74 Å². The van der Waals surface area contributed by atoms with Crippen LogP contribution in [0.25, 0.3) is 10.9 Å². The second kappa shape index (κ2) is 6.93. The van der Waals surface area contributed by atoms with Crippen LogP contribution >= 0.6 is 0 Å². The van der Waals surface area contributed by atoms with Crippen LogP contribution in [0.5, 0.6) is 5.75 Å². The second-order valence-corrected chi connectivity index (χ2v) is 6.96. The molecular weight excluding hydrogens is 308 g/mol. The van der Waals surface area contributed by atoms with Gasteiger partial charge in [-0.25, -0.2) is 0 Å². The van der Waals surface area contributed by atoms with Gasteiger partial charge in [0.05, 0.1) is 7.11 Å². The van der Waals surface area contributed by atoms with Gasteiger partial charge in [0.25, 0.3) is 0 Å². The minimum absolute atomic E-state index is 0.475. The Kier molecular flexibility index (Phi) is 4.50. The Balaban J connectivity index is 1.72. The molecule has 4 rings (SSSR count). The molecule has 2 aromatic carbocycles. The quantitative estimate of drug-likeness (QED) is 0.727. The number of aromatic amines is 1. The lowest BCUT2D eigenvalue weighted by molar-refractivity contribution is 0.139. The summed E-state index contributed by atoms with van der Waals surface area (Å²) in [5, 5.41) is 1.28. The van der Waals surface area contributed by atoms with E-state index in [-0.39, 0.29) is 0 Å². The molecule has 1 aliphatic rings. The number of H-pyrrole nitrogens is 1. The fourth-order valence-electron chi connectivity index (χ4n) is 4.16. The van der Waals surface area contributed by atoms with E-state index in [1.165, 1.54) is 46.9 Å². The summed E-state index contributed by atoms with van der Waals surface area (Å²) in [5.41, 5.74) is 5.14. The summed E-state index contributed by atoms with van der Waals surface area (Å²) < 4.78 is 5.74. The number of piperidine rings is 1. The van der Waals surface area contributed by atoms with Crippen LogP contribution < -0.4 is 4.74 Å².